The lowest BCUT2D eigenvalue weighted by molar-refractivity contribution is -0.901. The topological polar surface area (TPSA) is 71.4 Å². The van der Waals surface area contributed by atoms with Crippen molar-refractivity contribution in [2.24, 2.45) is 0 Å². The molecule has 7 heteroatoms. The first-order valence-electron chi connectivity index (χ1n) is 8.89. The average molecular weight is 370 g/mol. The molecule has 1 unspecified atom stereocenters. The molecule has 0 spiro atoms. The van der Waals surface area contributed by atoms with Crippen LogP contribution in [0.4, 0.5) is 4.79 Å². The zero-order valence-electron chi connectivity index (χ0n) is 16.0. The summed E-state index contributed by atoms with van der Waals surface area (Å²) in [6.45, 7) is 4.20. The Morgan fingerprint density at radius 1 is 1.00 bits per heavy atom. The van der Waals surface area contributed by atoms with Gasteiger partial charge in [0.2, 0.25) is 0 Å². The Kier molecular flexibility index (Phi) is 5.14. The van der Waals surface area contributed by atoms with Crippen LogP contribution in [0.1, 0.15) is 19.4 Å². The van der Waals surface area contributed by atoms with Crippen molar-refractivity contribution in [3.63, 3.8) is 0 Å². The number of urea groups is 1. The van der Waals surface area contributed by atoms with Gasteiger partial charge in [-0.15, -0.1) is 0 Å². The van der Waals surface area contributed by atoms with E-state index < -0.39 is 17.8 Å². The first-order chi connectivity index (χ1) is 12.8. The van der Waals surface area contributed by atoms with Gasteiger partial charge < -0.3 is 9.64 Å². The second kappa shape index (κ2) is 7.36. The Morgan fingerprint density at radius 3 is 2.30 bits per heavy atom. The van der Waals surface area contributed by atoms with Crippen molar-refractivity contribution in [3.8, 4) is 5.75 Å². The van der Waals surface area contributed by atoms with Crippen molar-refractivity contribution < 1.29 is 24.0 Å². The molecule has 0 radical (unpaired) electrons. The number of imide groups is 2. The maximum Gasteiger partial charge on any atom is 0.338 e. The van der Waals surface area contributed by atoms with E-state index in [1.807, 2.05) is 37.4 Å². The molecule has 3 rings (SSSR count). The largest absolute Gasteiger partial charge is 0.497 e. The zero-order chi connectivity index (χ0) is 19.7. The van der Waals surface area contributed by atoms with E-state index in [1.54, 1.807) is 21.0 Å². The molecule has 2 aromatic carbocycles. The van der Waals surface area contributed by atoms with Crippen LogP contribution in [-0.4, -0.2) is 54.5 Å². The van der Waals surface area contributed by atoms with Crippen LogP contribution >= 0.6 is 0 Å². The summed E-state index contributed by atoms with van der Waals surface area (Å²) in [6, 6.07) is 11.1. The standard InChI is InChI=1S/C20H23N3O4/c1-13(2)23-19(25)18(24)22(20(23)26)12-21(3)11-14-5-6-16-10-17(27-4)8-7-15(16)9-14/h5-10,13H,11-12H2,1-4H3/p+1. The zero-order valence-corrected chi connectivity index (χ0v) is 16.0. The molecular formula is C20H24N3O4+. The first-order valence-corrected chi connectivity index (χ1v) is 8.89. The van der Waals surface area contributed by atoms with Crippen LogP contribution in [-0.2, 0) is 16.1 Å². The molecule has 27 heavy (non-hydrogen) atoms. The molecule has 1 N–H and O–H groups in total. The highest BCUT2D eigenvalue weighted by molar-refractivity contribution is 6.44. The third-order valence-corrected chi connectivity index (χ3v) is 4.65. The lowest BCUT2D eigenvalue weighted by Crippen LogP contribution is -3.09. The number of nitrogens with zero attached hydrogens (tertiary/aromatic N) is 2. The predicted octanol–water partition coefficient (Wildman–Crippen LogP) is 1.02. The van der Waals surface area contributed by atoms with Crippen LogP contribution in [0, 0.1) is 0 Å². The van der Waals surface area contributed by atoms with Gasteiger partial charge >= 0.3 is 17.8 Å². The Morgan fingerprint density at radius 2 is 1.67 bits per heavy atom. The number of carbonyl (C=O) groups is 3. The van der Waals surface area contributed by atoms with Gasteiger partial charge in [-0.25, -0.2) is 9.69 Å². The lowest BCUT2D eigenvalue weighted by atomic mass is 10.1. The van der Waals surface area contributed by atoms with Crippen LogP contribution in [0.5, 0.6) is 5.75 Å². The maximum atomic E-state index is 12.4. The number of hydrogen-bond acceptors (Lipinski definition) is 4. The molecule has 0 saturated carbocycles. The molecule has 2 aromatic rings. The Balaban J connectivity index is 1.71. The van der Waals surface area contributed by atoms with Crippen LogP contribution in [0.2, 0.25) is 0 Å². The van der Waals surface area contributed by atoms with Crippen molar-refractivity contribution in [1.82, 2.24) is 9.80 Å². The molecule has 1 heterocycles. The average Bonchev–Trinajstić information content (AvgIpc) is 2.84. The van der Waals surface area contributed by atoms with E-state index >= 15 is 0 Å². The molecule has 1 saturated heterocycles. The van der Waals surface area contributed by atoms with E-state index in [-0.39, 0.29) is 12.7 Å². The van der Waals surface area contributed by atoms with E-state index in [0.29, 0.717) is 6.54 Å². The summed E-state index contributed by atoms with van der Waals surface area (Å²) in [6.07, 6.45) is 0. The molecule has 1 atom stereocenters. The van der Waals surface area contributed by atoms with E-state index in [9.17, 15) is 14.4 Å². The first kappa shape index (κ1) is 18.8. The van der Waals surface area contributed by atoms with Crippen molar-refractivity contribution >= 4 is 28.6 Å². The fourth-order valence-electron chi connectivity index (χ4n) is 3.30. The van der Waals surface area contributed by atoms with Crippen molar-refractivity contribution in [3.05, 3.63) is 42.0 Å². The minimum absolute atomic E-state index is 0.146. The van der Waals surface area contributed by atoms with Gasteiger partial charge in [-0.1, -0.05) is 18.2 Å². The smallest absolute Gasteiger partial charge is 0.338 e. The summed E-state index contributed by atoms with van der Waals surface area (Å²) >= 11 is 0. The van der Waals surface area contributed by atoms with Crippen molar-refractivity contribution in [2.45, 2.75) is 26.4 Å². The third kappa shape index (κ3) is 3.64. The normalized spacial score (nSPS) is 16.0. The van der Waals surface area contributed by atoms with E-state index in [1.165, 1.54) is 0 Å². The summed E-state index contributed by atoms with van der Waals surface area (Å²) in [4.78, 5) is 39.5. The summed E-state index contributed by atoms with van der Waals surface area (Å²) in [5.74, 6) is -0.690. The van der Waals surface area contributed by atoms with Gasteiger partial charge in [0.25, 0.3) is 0 Å². The van der Waals surface area contributed by atoms with Crippen LogP contribution in [0.15, 0.2) is 36.4 Å². The fourth-order valence-corrected chi connectivity index (χ4v) is 3.30. The Labute approximate surface area is 158 Å². The Hall–Kier alpha value is -2.93. The van der Waals surface area contributed by atoms with Crippen molar-refractivity contribution in [1.29, 1.82) is 0 Å². The predicted molar refractivity (Wildman–Crippen MR) is 100 cm³/mol. The number of rotatable bonds is 6. The van der Waals surface area contributed by atoms with E-state index in [0.717, 1.165) is 36.8 Å². The molecule has 142 valence electrons. The van der Waals surface area contributed by atoms with Gasteiger partial charge in [0.1, 0.15) is 12.3 Å². The number of methoxy groups -OCH3 is 1. The molecule has 0 aliphatic carbocycles. The van der Waals surface area contributed by atoms with Gasteiger partial charge in [0.05, 0.1) is 14.2 Å². The van der Waals surface area contributed by atoms with Crippen LogP contribution in [0.25, 0.3) is 10.8 Å². The monoisotopic (exact) mass is 370 g/mol. The molecule has 0 aromatic heterocycles. The second-order valence-corrected chi connectivity index (χ2v) is 7.12. The number of benzene rings is 2. The minimum Gasteiger partial charge on any atom is -0.497 e. The highest BCUT2D eigenvalue weighted by Gasteiger charge is 2.46. The molecule has 1 aliphatic rings. The number of nitrogens with one attached hydrogen (secondary N) is 1. The maximum absolute atomic E-state index is 12.4. The fraction of sp³-hybridized carbons (Fsp3) is 0.350. The number of amides is 4. The minimum atomic E-state index is -0.751. The summed E-state index contributed by atoms with van der Waals surface area (Å²) in [7, 11) is 3.53. The SMILES string of the molecule is COc1ccc2cc(C[NH+](C)CN3C(=O)C(=O)N(C(C)C)C3=O)ccc2c1. The molecule has 1 fully saturated rings. The van der Waals surface area contributed by atoms with Gasteiger partial charge in [0.15, 0.2) is 6.67 Å². The third-order valence-electron chi connectivity index (χ3n) is 4.65. The Bertz CT molecular complexity index is 909. The number of ether oxygens (including phenoxy) is 1. The molecular weight excluding hydrogens is 346 g/mol. The van der Waals surface area contributed by atoms with Crippen LogP contribution < -0.4 is 9.64 Å². The lowest BCUT2D eigenvalue weighted by Gasteiger charge is -2.21. The van der Waals surface area contributed by atoms with Crippen molar-refractivity contribution in [2.75, 3.05) is 20.8 Å². The van der Waals surface area contributed by atoms with Gasteiger partial charge in [-0.05, 0) is 42.8 Å². The van der Waals surface area contributed by atoms with Gasteiger partial charge in [-0.2, -0.15) is 0 Å². The second-order valence-electron chi connectivity index (χ2n) is 7.12. The molecule has 7 nitrogen and oxygen atoms in total. The summed E-state index contributed by atoms with van der Waals surface area (Å²) in [5.41, 5.74) is 1.08. The number of fused-ring (bicyclic) bond motifs is 1. The van der Waals surface area contributed by atoms with Crippen LogP contribution in [0.3, 0.4) is 0 Å². The number of hydrogen-bond donors (Lipinski definition) is 1. The quantitative estimate of drug-likeness (QED) is 0.609. The van der Waals surface area contributed by atoms with Gasteiger partial charge in [-0.3, -0.25) is 14.5 Å². The number of quaternary nitrogens is 1. The highest BCUT2D eigenvalue weighted by atomic mass is 16.5. The van der Waals surface area contributed by atoms with Gasteiger partial charge in [0, 0.05) is 11.6 Å². The molecule has 1 aliphatic heterocycles. The highest BCUT2D eigenvalue weighted by Crippen LogP contribution is 2.21. The van der Waals surface area contributed by atoms with E-state index in [4.69, 9.17) is 4.74 Å². The number of carbonyl (C=O) groups excluding carboxylic acids is 3. The summed E-state index contributed by atoms with van der Waals surface area (Å²) < 4.78 is 5.24. The molecule has 0 bridgehead atoms. The van der Waals surface area contributed by atoms with E-state index in [2.05, 4.69) is 6.07 Å². The summed E-state index contributed by atoms with van der Waals surface area (Å²) in [5, 5.41) is 2.18. The molecule has 4 amide bonds.